The van der Waals surface area contributed by atoms with E-state index >= 15 is 0 Å². The minimum Gasteiger partial charge on any atom is -0.393 e. The summed E-state index contributed by atoms with van der Waals surface area (Å²) in [6.07, 6.45) is 3.80. The number of nitrogens with one attached hydrogen (secondary N) is 2. The molecule has 0 unspecified atom stereocenters. The Morgan fingerprint density at radius 2 is 1.90 bits per heavy atom. The zero-order valence-corrected chi connectivity index (χ0v) is 18.1. The van der Waals surface area contributed by atoms with Gasteiger partial charge in [-0.25, -0.2) is 18.4 Å². The van der Waals surface area contributed by atoms with Gasteiger partial charge in [0.25, 0.3) is 5.91 Å². The first-order valence-corrected chi connectivity index (χ1v) is 11.7. The summed E-state index contributed by atoms with van der Waals surface area (Å²) in [6, 6.07) is 6.28. The third-order valence-electron chi connectivity index (χ3n) is 4.65. The second-order valence-corrected chi connectivity index (χ2v) is 9.77. The van der Waals surface area contributed by atoms with Crippen molar-refractivity contribution >= 4 is 49.0 Å². The quantitative estimate of drug-likeness (QED) is 0.488. The number of hydrogen-bond donors (Lipinski definition) is 4. The van der Waals surface area contributed by atoms with Gasteiger partial charge in [0, 0.05) is 18.0 Å². The normalized spacial score (nSPS) is 19.6. The lowest BCUT2D eigenvalue weighted by Crippen LogP contribution is -2.29. The van der Waals surface area contributed by atoms with Gasteiger partial charge in [-0.15, -0.1) is 0 Å². The molecule has 1 aromatic carbocycles. The Morgan fingerprint density at radius 3 is 2.52 bits per heavy atom. The highest BCUT2D eigenvalue weighted by Crippen LogP contribution is 2.29. The predicted octanol–water partition coefficient (Wildman–Crippen LogP) is 2.20. The lowest BCUT2D eigenvalue weighted by atomic mass is 9.93. The zero-order valence-electron chi connectivity index (χ0n) is 15.7. The fraction of sp³-hybridized carbons (Fsp3) is 0.389. The average molecular weight is 484 g/mol. The number of halogens is 1. The number of hydrogen-bond acceptors (Lipinski definition) is 8. The number of aromatic nitrogens is 2. The van der Waals surface area contributed by atoms with Gasteiger partial charge in [-0.1, -0.05) is 6.07 Å². The van der Waals surface area contributed by atoms with Crippen molar-refractivity contribution in [3.05, 3.63) is 34.6 Å². The first-order valence-electron chi connectivity index (χ1n) is 9.02. The summed E-state index contributed by atoms with van der Waals surface area (Å²) in [7, 11) is -3.39. The van der Waals surface area contributed by atoms with Crippen LogP contribution in [0.5, 0.6) is 0 Å². The van der Waals surface area contributed by atoms with Crippen molar-refractivity contribution in [3.8, 4) is 0 Å². The zero-order chi connectivity index (χ0) is 21.2. The number of aliphatic hydroxyl groups excluding tert-OH is 1. The fourth-order valence-electron chi connectivity index (χ4n) is 3.12. The van der Waals surface area contributed by atoms with Crippen molar-refractivity contribution in [2.45, 2.75) is 42.7 Å². The third kappa shape index (κ3) is 5.43. The molecule has 1 fully saturated rings. The Kier molecular flexibility index (Phi) is 6.39. The van der Waals surface area contributed by atoms with E-state index in [2.05, 4.69) is 36.5 Å². The summed E-state index contributed by atoms with van der Waals surface area (Å²) in [5.41, 5.74) is 5.79. The molecule has 0 aliphatic heterocycles. The van der Waals surface area contributed by atoms with Gasteiger partial charge >= 0.3 is 0 Å². The summed E-state index contributed by atoms with van der Waals surface area (Å²) in [5.74, 6) is -0.227. The van der Waals surface area contributed by atoms with Crippen molar-refractivity contribution in [2.24, 2.45) is 5.73 Å². The highest BCUT2D eigenvalue weighted by Gasteiger charge is 2.23. The highest BCUT2D eigenvalue weighted by molar-refractivity contribution is 9.10. The maximum absolute atomic E-state index is 11.8. The third-order valence-corrected chi connectivity index (χ3v) is 6.31. The molecule has 1 aliphatic carbocycles. The minimum atomic E-state index is -3.39. The van der Waals surface area contributed by atoms with E-state index in [1.807, 2.05) is 0 Å². The molecule has 1 aromatic heterocycles. The largest absolute Gasteiger partial charge is 0.393 e. The molecular formula is C18H22BrN5O4S. The molecule has 1 aliphatic rings. The van der Waals surface area contributed by atoms with Crippen LogP contribution in [0.4, 0.5) is 17.3 Å². The van der Waals surface area contributed by atoms with E-state index in [9.17, 15) is 18.3 Å². The number of nitrogens with zero attached hydrogens (tertiary/aromatic N) is 2. The topological polar surface area (TPSA) is 147 Å². The predicted molar refractivity (Wildman–Crippen MR) is 113 cm³/mol. The van der Waals surface area contributed by atoms with Crippen LogP contribution < -0.4 is 16.4 Å². The maximum Gasteiger partial charge on any atom is 0.271 e. The van der Waals surface area contributed by atoms with Crippen molar-refractivity contribution in [2.75, 3.05) is 16.9 Å². The molecule has 0 bridgehead atoms. The van der Waals surface area contributed by atoms with Gasteiger partial charge in [-0.2, -0.15) is 0 Å². The van der Waals surface area contributed by atoms with E-state index < -0.39 is 15.7 Å². The van der Waals surface area contributed by atoms with Gasteiger partial charge in [0.15, 0.2) is 27.2 Å². The smallest absolute Gasteiger partial charge is 0.271 e. The van der Waals surface area contributed by atoms with E-state index in [-0.39, 0.29) is 28.6 Å². The van der Waals surface area contributed by atoms with Crippen LogP contribution in [0.1, 0.15) is 36.2 Å². The number of sulfone groups is 1. The minimum absolute atomic E-state index is 0.0775. The Labute approximate surface area is 177 Å². The molecule has 156 valence electrons. The molecule has 0 spiro atoms. The number of carbonyl (C=O) groups is 1. The maximum atomic E-state index is 11.8. The van der Waals surface area contributed by atoms with E-state index in [1.54, 1.807) is 12.1 Å². The Morgan fingerprint density at radius 1 is 1.21 bits per heavy atom. The van der Waals surface area contributed by atoms with Gasteiger partial charge in [-0.3, -0.25) is 4.79 Å². The summed E-state index contributed by atoms with van der Waals surface area (Å²) in [4.78, 5) is 20.6. The number of benzene rings is 1. The van der Waals surface area contributed by atoms with Crippen LogP contribution in [-0.2, 0) is 9.84 Å². The van der Waals surface area contributed by atoms with Gasteiger partial charge in [0.05, 0.1) is 11.0 Å². The van der Waals surface area contributed by atoms with Crippen LogP contribution in [-0.4, -0.2) is 47.8 Å². The first kappa shape index (κ1) is 21.5. The molecule has 1 saturated carbocycles. The van der Waals surface area contributed by atoms with Crippen molar-refractivity contribution in [1.82, 2.24) is 9.97 Å². The second-order valence-electron chi connectivity index (χ2n) is 7.00. The van der Waals surface area contributed by atoms with Crippen LogP contribution in [0.2, 0.25) is 0 Å². The Hall–Kier alpha value is -2.24. The number of aliphatic hydroxyl groups is 1. The molecule has 0 atom stereocenters. The van der Waals surface area contributed by atoms with E-state index in [4.69, 9.17) is 5.73 Å². The molecular weight excluding hydrogens is 462 g/mol. The van der Waals surface area contributed by atoms with Gasteiger partial charge < -0.3 is 21.5 Å². The van der Waals surface area contributed by atoms with Gasteiger partial charge in [0.1, 0.15) is 4.60 Å². The molecule has 0 saturated heterocycles. The SMILES string of the molecule is CS(=O)(=O)c1cccc(Nc2nc(NC3CCC(O)CC3)c(Br)nc2C(N)=O)c1. The second kappa shape index (κ2) is 8.64. The highest BCUT2D eigenvalue weighted by atomic mass is 79.9. The Balaban J connectivity index is 1.91. The molecule has 2 aromatic rings. The molecule has 5 N–H and O–H groups in total. The summed E-state index contributed by atoms with van der Waals surface area (Å²) < 4.78 is 23.9. The molecule has 9 nitrogen and oxygen atoms in total. The summed E-state index contributed by atoms with van der Waals surface area (Å²) in [5, 5.41) is 15.9. The molecule has 1 amide bonds. The first-order chi connectivity index (χ1) is 13.6. The van der Waals surface area contributed by atoms with Crippen LogP contribution in [0.3, 0.4) is 0 Å². The van der Waals surface area contributed by atoms with Crippen LogP contribution in [0.25, 0.3) is 0 Å². The lowest BCUT2D eigenvalue weighted by Gasteiger charge is -2.27. The molecule has 11 heteroatoms. The molecule has 0 radical (unpaired) electrons. The lowest BCUT2D eigenvalue weighted by molar-refractivity contribution is 0.0996. The van der Waals surface area contributed by atoms with Crippen LogP contribution in [0.15, 0.2) is 33.8 Å². The van der Waals surface area contributed by atoms with E-state index in [1.165, 1.54) is 12.1 Å². The molecule has 3 rings (SSSR count). The Bertz CT molecular complexity index is 1020. The summed E-state index contributed by atoms with van der Waals surface area (Å²) in [6.45, 7) is 0. The monoisotopic (exact) mass is 483 g/mol. The number of amides is 1. The van der Waals surface area contributed by atoms with Crippen molar-refractivity contribution in [1.29, 1.82) is 0 Å². The van der Waals surface area contributed by atoms with Gasteiger partial charge in [0.2, 0.25) is 0 Å². The fourth-order valence-corrected chi connectivity index (χ4v) is 4.17. The number of rotatable bonds is 6. The van der Waals surface area contributed by atoms with Crippen LogP contribution >= 0.6 is 15.9 Å². The van der Waals surface area contributed by atoms with E-state index in [0.717, 1.165) is 19.1 Å². The van der Waals surface area contributed by atoms with Crippen LogP contribution in [0, 0.1) is 0 Å². The van der Waals surface area contributed by atoms with Gasteiger partial charge in [-0.05, 0) is 59.8 Å². The van der Waals surface area contributed by atoms with Crippen molar-refractivity contribution < 1.29 is 18.3 Å². The summed E-state index contributed by atoms with van der Waals surface area (Å²) >= 11 is 3.31. The standard InChI is InChI=1S/C18H22BrN5O4S/c1-29(27,28)13-4-2-3-11(9-13)22-17-14(16(20)26)23-15(19)18(24-17)21-10-5-7-12(25)8-6-10/h2-4,9-10,12,25H,5-8H2,1H3,(H2,20,26)(H2,21,22,24). The van der Waals surface area contributed by atoms with Crippen molar-refractivity contribution in [3.63, 3.8) is 0 Å². The molecule has 1 heterocycles. The number of carbonyl (C=O) groups excluding carboxylic acids is 1. The molecule has 29 heavy (non-hydrogen) atoms. The number of nitrogens with two attached hydrogens (primary N) is 1. The average Bonchev–Trinajstić information content (AvgIpc) is 2.65. The number of anilines is 3. The van der Waals surface area contributed by atoms with E-state index in [0.29, 0.717) is 29.0 Å². The number of primary amides is 1.